The van der Waals surface area contributed by atoms with Gasteiger partial charge in [-0.05, 0) is 62.5 Å². The molecule has 0 atom stereocenters. The highest BCUT2D eigenvalue weighted by atomic mass is 32.1. The van der Waals surface area contributed by atoms with Crippen molar-refractivity contribution in [3.8, 4) is 11.8 Å². The van der Waals surface area contributed by atoms with E-state index in [0.717, 1.165) is 0 Å². The molecule has 0 radical (unpaired) electrons. The molecule has 2 rings (SSSR count). The lowest BCUT2D eigenvalue weighted by molar-refractivity contribution is 0.0977. The number of rotatable bonds is 4. The standard InChI is InChI=1S/C18H17N3O2S/c1-12(2)23-15-9-7-13(8-10-15)17(22)21-18(24)20-16-6-4-3-5-14(16)11-19/h3-10,12H,1-2H3,(H2,20,21,22,24). The van der Waals surface area contributed by atoms with Crippen LogP contribution in [-0.2, 0) is 0 Å². The Morgan fingerprint density at radius 3 is 2.46 bits per heavy atom. The number of anilines is 1. The number of thiocarbonyl (C=S) groups is 1. The van der Waals surface area contributed by atoms with E-state index in [4.69, 9.17) is 22.2 Å². The van der Waals surface area contributed by atoms with Gasteiger partial charge in [-0.15, -0.1) is 0 Å². The average molecular weight is 339 g/mol. The largest absolute Gasteiger partial charge is 0.491 e. The molecule has 0 aromatic heterocycles. The van der Waals surface area contributed by atoms with E-state index < -0.39 is 0 Å². The molecule has 0 bridgehead atoms. The van der Waals surface area contributed by atoms with Crippen LogP contribution in [0.2, 0.25) is 0 Å². The van der Waals surface area contributed by atoms with Crippen molar-refractivity contribution < 1.29 is 9.53 Å². The van der Waals surface area contributed by atoms with Gasteiger partial charge in [0.2, 0.25) is 0 Å². The molecule has 2 aromatic carbocycles. The third kappa shape index (κ3) is 4.80. The molecule has 0 heterocycles. The topological polar surface area (TPSA) is 74.2 Å². The fraction of sp³-hybridized carbons (Fsp3) is 0.167. The zero-order chi connectivity index (χ0) is 17.5. The maximum atomic E-state index is 12.2. The Bertz CT molecular complexity index is 780. The van der Waals surface area contributed by atoms with E-state index in [1.165, 1.54) is 0 Å². The molecule has 0 unspecified atom stereocenters. The van der Waals surface area contributed by atoms with E-state index in [2.05, 4.69) is 16.7 Å². The van der Waals surface area contributed by atoms with E-state index >= 15 is 0 Å². The predicted molar refractivity (Wildman–Crippen MR) is 97.0 cm³/mol. The van der Waals surface area contributed by atoms with Crippen molar-refractivity contribution in [1.29, 1.82) is 5.26 Å². The lowest BCUT2D eigenvalue weighted by atomic mass is 10.2. The number of amides is 1. The van der Waals surface area contributed by atoms with Gasteiger partial charge >= 0.3 is 0 Å². The molecule has 2 N–H and O–H groups in total. The molecule has 0 aliphatic heterocycles. The van der Waals surface area contributed by atoms with Gasteiger partial charge in [0.25, 0.3) is 5.91 Å². The number of nitrogens with one attached hydrogen (secondary N) is 2. The normalized spacial score (nSPS) is 9.92. The van der Waals surface area contributed by atoms with Crippen LogP contribution in [0.15, 0.2) is 48.5 Å². The van der Waals surface area contributed by atoms with Crippen LogP contribution in [0.4, 0.5) is 5.69 Å². The van der Waals surface area contributed by atoms with Gasteiger partial charge in [-0.25, -0.2) is 0 Å². The van der Waals surface area contributed by atoms with Crippen molar-refractivity contribution in [2.75, 3.05) is 5.32 Å². The molecule has 0 aliphatic carbocycles. The summed E-state index contributed by atoms with van der Waals surface area (Å²) in [5.41, 5.74) is 1.46. The number of nitriles is 1. The molecular formula is C18H17N3O2S. The molecule has 24 heavy (non-hydrogen) atoms. The zero-order valence-electron chi connectivity index (χ0n) is 13.4. The molecule has 122 valence electrons. The number of carbonyl (C=O) groups excluding carboxylic acids is 1. The first kappa shape index (κ1) is 17.4. The number of ether oxygens (including phenoxy) is 1. The first-order valence-electron chi connectivity index (χ1n) is 7.38. The summed E-state index contributed by atoms with van der Waals surface area (Å²) in [6, 6.07) is 15.8. The first-order valence-corrected chi connectivity index (χ1v) is 7.78. The van der Waals surface area contributed by atoms with Crippen LogP contribution >= 0.6 is 12.2 Å². The number of hydrogen-bond donors (Lipinski definition) is 2. The molecule has 0 aliphatic rings. The van der Waals surface area contributed by atoms with E-state index in [1.807, 2.05) is 13.8 Å². The van der Waals surface area contributed by atoms with Crippen molar-refractivity contribution in [2.45, 2.75) is 20.0 Å². The summed E-state index contributed by atoms with van der Waals surface area (Å²) >= 11 is 5.13. The van der Waals surface area contributed by atoms with Crippen LogP contribution < -0.4 is 15.4 Å². The molecule has 0 spiro atoms. The summed E-state index contributed by atoms with van der Waals surface area (Å²) in [4.78, 5) is 12.2. The lowest BCUT2D eigenvalue weighted by Crippen LogP contribution is -2.34. The van der Waals surface area contributed by atoms with Crippen molar-refractivity contribution in [2.24, 2.45) is 0 Å². The third-order valence-electron chi connectivity index (χ3n) is 3.01. The Balaban J connectivity index is 1.99. The minimum absolute atomic E-state index is 0.0710. The second-order valence-electron chi connectivity index (χ2n) is 5.26. The number of para-hydroxylation sites is 1. The Morgan fingerprint density at radius 2 is 1.83 bits per heavy atom. The molecular weight excluding hydrogens is 322 g/mol. The SMILES string of the molecule is CC(C)Oc1ccc(C(=O)NC(=S)Nc2ccccc2C#N)cc1. The molecule has 1 amide bonds. The molecule has 5 nitrogen and oxygen atoms in total. The summed E-state index contributed by atoms with van der Waals surface area (Å²) in [6.07, 6.45) is 0.0710. The van der Waals surface area contributed by atoms with E-state index in [-0.39, 0.29) is 17.1 Å². The second kappa shape index (κ2) is 8.09. The smallest absolute Gasteiger partial charge is 0.257 e. The molecule has 0 saturated carbocycles. The van der Waals surface area contributed by atoms with Gasteiger partial charge in [0, 0.05) is 5.56 Å². The quantitative estimate of drug-likeness (QED) is 0.834. The Morgan fingerprint density at radius 1 is 1.17 bits per heavy atom. The molecule has 2 aromatic rings. The van der Waals surface area contributed by atoms with Gasteiger partial charge in [0.15, 0.2) is 5.11 Å². The first-order chi connectivity index (χ1) is 11.5. The number of nitrogens with zero attached hydrogens (tertiary/aromatic N) is 1. The van der Waals surface area contributed by atoms with Crippen molar-refractivity contribution in [3.05, 3.63) is 59.7 Å². The van der Waals surface area contributed by atoms with Crippen molar-refractivity contribution in [3.63, 3.8) is 0 Å². The summed E-state index contributed by atoms with van der Waals surface area (Å²) in [6.45, 7) is 3.87. The Labute approximate surface area is 146 Å². The predicted octanol–water partition coefficient (Wildman–Crippen LogP) is 3.47. The zero-order valence-corrected chi connectivity index (χ0v) is 14.2. The van der Waals surface area contributed by atoms with Crippen LogP contribution in [0.3, 0.4) is 0 Å². The molecule has 6 heteroatoms. The summed E-state index contributed by atoms with van der Waals surface area (Å²) in [5.74, 6) is 0.364. The van der Waals surface area contributed by atoms with Gasteiger partial charge in [-0.1, -0.05) is 12.1 Å². The van der Waals surface area contributed by atoms with Crippen LogP contribution in [0.25, 0.3) is 0 Å². The van der Waals surface area contributed by atoms with Crippen LogP contribution in [0.5, 0.6) is 5.75 Å². The monoisotopic (exact) mass is 339 g/mol. The average Bonchev–Trinajstić information content (AvgIpc) is 2.55. The van der Waals surface area contributed by atoms with E-state index in [9.17, 15) is 4.79 Å². The Hall–Kier alpha value is -2.91. The maximum absolute atomic E-state index is 12.2. The lowest BCUT2D eigenvalue weighted by Gasteiger charge is -2.12. The summed E-state index contributed by atoms with van der Waals surface area (Å²) in [5, 5.41) is 14.6. The van der Waals surface area contributed by atoms with E-state index in [1.54, 1.807) is 48.5 Å². The van der Waals surface area contributed by atoms with Gasteiger partial charge in [-0.2, -0.15) is 5.26 Å². The molecule has 0 saturated heterocycles. The maximum Gasteiger partial charge on any atom is 0.257 e. The van der Waals surface area contributed by atoms with Crippen LogP contribution in [0.1, 0.15) is 29.8 Å². The number of hydrogen-bond acceptors (Lipinski definition) is 4. The van der Waals surface area contributed by atoms with Gasteiger partial charge in [0.05, 0.1) is 17.4 Å². The highest BCUT2D eigenvalue weighted by molar-refractivity contribution is 7.80. The number of carbonyl (C=O) groups is 1. The summed E-state index contributed by atoms with van der Waals surface area (Å²) < 4.78 is 5.53. The van der Waals surface area contributed by atoms with E-state index in [0.29, 0.717) is 22.6 Å². The fourth-order valence-corrected chi connectivity index (χ4v) is 2.18. The minimum Gasteiger partial charge on any atom is -0.491 e. The van der Waals surface area contributed by atoms with Crippen molar-refractivity contribution in [1.82, 2.24) is 5.32 Å². The minimum atomic E-state index is -0.335. The van der Waals surface area contributed by atoms with Gasteiger partial charge in [0.1, 0.15) is 11.8 Å². The highest BCUT2D eigenvalue weighted by Gasteiger charge is 2.10. The van der Waals surface area contributed by atoms with Crippen molar-refractivity contribution >= 4 is 28.9 Å². The van der Waals surface area contributed by atoms with Crippen LogP contribution in [-0.4, -0.2) is 17.1 Å². The molecule has 0 fully saturated rings. The second-order valence-corrected chi connectivity index (χ2v) is 5.66. The summed E-state index contributed by atoms with van der Waals surface area (Å²) in [7, 11) is 0. The Kier molecular flexibility index (Phi) is 5.88. The van der Waals surface area contributed by atoms with Gasteiger partial charge < -0.3 is 10.1 Å². The fourth-order valence-electron chi connectivity index (χ4n) is 1.98. The van der Waals surface area contributed by atoms with Gasteiger partial charge in [-0.3, -0.25) is 10.1 Å². The third-order valence-corrected chi connectivity index (χ3v) is 3.22. The highest BCUT2D eigenvalue weighted by Crippen LogP contribution is 2.15. The van der Waals surface area contributed by atoms with Crippen LogP contribution in [0, 0.1) is 11.3 Å². The number of benzene rings is 2.